The number of benzene rings is 1. The van der Waals surface area contributed by atoms with Gasteiger partial charge >= 0.3 is 5.63 Å². The Balaban J connectivity index is 1.45. The van der Waals surface area contributed by atoms with E-state index in [1.807, 2.05) is 18.2 Å². The molecule has 4 nitrogen and oxygen atoms in total. The summed E-state index contributed by atoms with van der Waals surface area (Å²) < 4.78 is 11.0. The van der Waals surface area contributed by atoms with Crippen LogP contribution in [0.5, 0.6) is 5.75 Å². The summed E-state index contributed by atoms with van der Waals surface area (Å²) >= 11 is 0. The lowest BCUT2D eigenvalue weighted by atomic mass is 9.77. The first kappa shape index (κ1) is 15.9. The van der Waals surface area contributed by atoms with Crippen LogP contribution in [0.25, 0.3) is 11.0 Å². The van der Waals surface area contributed by atoms with Crippen LogP contribution in [0, 0.1) is 5.92 Å². The summed E-state index contributed by atoms with van der Waals surface area (Å²) in [5.41, 5.74) is 2.80. The molecule has 2 aromatic rings. The number of hydrogen-bond acceptors (Lipinski definition) is 4. The first-order chi connectivity index (χ1) is 12.2. The fourth-order valence-electron chi connectivity index (χ4n) is 3.75. The van der Waals surface area contributed by atoms with E-state index in [0.717, 1.165) is 18.2 Å². The van der Waals surface area contributed by atoms with Crippen molar-refractivity contribution in [3.05, 3.63) is 64.1 Å². The summed E-state index contributed by atoms with van der Waals surface area (Å²) in [6.07, 6.45) is 8.89. The third-order valence-electron chi connectivity index (χ3n) is 5.04. The minimum atomic E-state index is -0.374. The van der Waals surface area contributed by atoms with Crippen LogP contribution >= 0.6 is 0 Å². The third-order valence-corrected chi connectivity index (χ3v) is 5.04. The quantitative estimate of drug-likeness (QED) is 0.786. The van der Waals surface area contributed by atoms with Gasteiger partial charge in [-0.1, -0.05) is 11.6 Å². The van der Waals surface area contributed by atoms with Gasteiger partial charge in [0.25, 0.3) is 0 Å². The number of ketones is 1. The molecule has 0 saturated carbocycles. The molecule has 4 heteroatoms. The van der Waals surface area contributed by atoms with E-state index in [0.29, 0.717) is 24.4 Å². The Morgan fingerprint density at radius 1 is 1.04 bits per heavy atom. The summed E-state index contributed by atoms with van der Waals surface area (Å²) in [5, 5.41) is 0.858. The van der Waals surface area contributed by atoms with Gasteiger partial charge in [0.05, 0.1) is 6.61 Å². The van der Waals surface area contributed by atoms with E-state index >= 15 is 0 Å². The SMILES string of the molecule is O=C1C=CC2=C(CCCC2)C1CCOc1ccc2ccc(=O)oc2c1. The second kappa shape index (κ2) is 6.71. The number of fused-ring (bicyclic) bond motifs is 1. The topological polar surface area (TPSA) is 56.5 Å². The first-order valence-corrected chi connectivity index (χ1v) is 8.81. The smallest absolute Gasteiger partial charge is 0.336 e. The van der Waals surface area contributed by atoms with Crippen LogP contribution < -0.4 is 10.4 Å². The summed E-state index contributed by atoms with van der Waals surface area (Å²) in [6.45, 7) is 0.462. The molecule has 1 aromatic carbocycles. The van der Waals surface area contributed by atoms with E-state index in [-0.39, 0.29) is 17.3 Å². The van der Waals surface area contributed by atoms with Crippen LogP contribution in [0.3, 0.4) is 0 Å². The fourth-order valence-corrected chi connectivity index (χ4v) is 3.75. The van der Waals surface area contributed by atoms with Crippen molar-refractivity contribution >= 4 is 16.8 Å². The Morgan fingerprint density at radius 3 is 2.80 bits per heavy atom. The van der Waals surface area contributed by atoms with Gasteiger partial charge in [-0.05, 0) is 62.0 Å². The summed E-state index contributed by atoms with van der Waals surface area (Å²) in [4.78, 5) is 23.6. The normalized spacial score (nSPS) is 20.0. The van der Waals surface area contributed by atoms with Gasteiger partial charge < -0.3 is 9.15 Å². The van der Waals surface area contributed by atoms with E-state index < -0.39 is 0 Å². The number of carbonyl (C=O) groups excluding carboxylic acids is 1. The van der Waals surface area contributed by atoms with E-state index in [4.69, 9.17) is 9.15 Å². The lowest BCUT2D eigenvalue weighted by molar-refractivity contribution is -0.117. The molecule has 0 fully saturated rings. The zero-order valence-corrected chi connectivity index (χ0v) is 14.0. The van der Waals surface area contributed by atoms with Crippen LogP contribution in [-0.2, 0) is 4.79 Å². The first-order valence-electron chi connectivity index (χ1n) is 8.81. The second-order valence-electron chi connectivity index (χ2n) is 6.64. The molecule has 0 radical (unpaired) electrons. The van der Waals surface area contributed by atoms with Gasteiger partial charge in [-0.25, -0.2) is 4.79 Å². The molecular formula is C21H20O4. The standard InChI is InChI=1S/C21H20O4/c22-19-9-6-14-3-1-2-4-17(14)18(19)11-12-24-16-8-5-15-7-10-21(23)25-20(15)13-16/h5-10,13,18H,1-4,11-12H2. The van der Waals surface area contributed by atoms with Gasteiger partial charge in [0.2, 0.25) is 0 Å². The Morgan fingerprint density at radius 2 is 1.88 bits per heavy atom. The van der Waals surface area contributed by atoms with Crippen molar-refractivity contribution in [1.29, 1.82) is 0 Å². The average Bonchev–Trinajstić information content (AvgIpc) is 2.63. The maximum atomic E-state index is 12.3. The van der Waals surface area contributed by atoms with Crippen molar-refractivity contribution in [2.45, 2.75) is 32.1 Å². The van der Waals surface area contributed by atoms with Crippen molar-refractivity contribution in [1.82, 2.24) is 0 Å². The fraction of sp³-hybridized carbons (Fsp3) is 0.333. The van der Waals surface area contributed by atoms with Crippen molar-refractivity contribution in [3.63, 3.8) is 0 Å². The Hall–Kier alpha value is -2.62. The molecular weight excluding hydrogens is 316 g/mol. The minimum Gasteiger partial charge on any atom is -0.493 e. The molecule has 1 atom stereocenters. The molecule has 4 rings (SSSR count). The third kappa shape index (κ3) is 3.29. The minimum absolute atomic E-state index is 0.0429. The highest BCUT2D eigenvalue weighted by molar-refractivity contribution is 5.96. The predicted molar refractivity (Wildman–Crippen MR) is 95.7 cm³/mol. The molecule has 2 aliphatic carbocycles. The van der Waals surface area contributed by atoms with Crippen molar-refractivity contribution in [3.8, 4) is 5.75 Å². The van der Waals surface area contributed by atoms with Crippen LogP contribution in [0.15, 0.2) is 62.8 Å². The van der Waals surface area contributed by atoms with Crippen LogP contribution in [0.2, 0.25) is 0 Å². The summed E-state index contributed by atoms with van der Waals surface area (Å²) in [7, 11) is 0. The highest BCUT2D eigenvalue weighted by Crippen LogP contribution is 2.36. The zero-order valence-electron chi connectivity index (χ0n) is 14.0. The number of rotatable bonds is 4. The molecule has 2 aliphatic rings. The van der Waals surface area contributed by atoms with E-state index in [1.165, 1.54) is 30.1 Å². The number of carbonyl (C=O) groups is 1. The summed E-state index contributed by atoms with van der Waals surface area (Å²) in [6, 6.07) is 8.58. The lowest BCUT2D eigenvalue weighted by Gasteiger charge is -2.27. The maximum absolute atomic E-state index is 12.3. The molecule has 0 bridgehead atoms. The second-order valence-corrected chi connectivity index (χ2v) is 6.64. The molecule has 1 aromatic heterocycles. The number of ether oxygens (including phenoxy) is 1. The highest BCUT2D eigenvalue weighted by Gasteiger charge is 2.27. The van der Waals surface area contributed by atoms with Crippen LogP contribution in [-0.4, -0.2) is 12.4 Å². The molecule has 0 N–H and O–H groups in total. The number of allylic oxidation sites excluding steroid dienone is 4. The molecule has 0 aliphatic heterocycles. The molecule has 128 valence electrons. The van der Waals surface area contributed by atoms with Gasteiger partial charge in [-0.2, -0.15) is 0 Å². The molecule has 1 unspecified atom stereocenters. The van der Waals surface area contributed by atoms with Gasteiger partial charge in [0.15, 0.2) is 5.78 Å². The van der Waals surface area contributed by atoms with E-state index in [1.54, 1.807) is 18.2 Å². The van der Waals surface area contributed by atoms with Crippen molar-refractivity contribution < 1.29 is 13.9 Å². The van der Waals surface area contributed by atoms with E-state index in [9.17, 15) is 9.59 Å². The molecule has 0 spiro atoms. The zero-order chi connectivity index (χ0) is 17.2. The van der Waals surface area contributed by atoms with Gasteiger partial charge in [0.1, 0.15) is 11.3 Å². The summed E-state index contributed by atoms with van der Waals surface area (Å²) in [5.74, 6) is 0.797. The predicted octanol–water partition coefficient (Wildman–Crippen LogP) is 4.19. The van der Waals surface area contributed by atoms with Crippen LogP contribution in [0.4, 0.5) is 0 Å². The van der Waals surface area contributed by atoms with Gasteiger partial charge in [-0.15, -0.1) is 0 Å². The Bertz CT molecular complexity index is 932. The molecule has 25 heavy (non-hydrogen) atoms. The van der Waals surface area contributed by atoms with E-state index in [2.05, 4.69) is 0 Å². The van der Waals surface area contributed by atoms with Crippen molar-refractivity contribution in [2.24, 2.45) is 5.92 Å². The Kier molecular flexibility index (Phi) is 4.26. The highest BCUT2D eigenvalue weighted by atomic mass is 16.5. The molecule has 0 amide bonds. The maximum Gasteiger partial charge on any atom is 0.336 e. The van der Waals surface area contributed by atoms with Crippen LogP contribution in [0.1, 0.15) is 32.1 Å². The Labute approximate surface area is 145 Å². The largest absolute Gasteiger partial charge is 0.493 e. The molecule has 1 heterocycles. The van der Waals surface area contributed by atoms with Gasteiger partial charge in [0, 0.05) is 23.4 Å². The lowest BCUT2D eigenvalue weighted by Crippen LogP contribution is -2.23. The van der Waals surface area contributed by atoms with Crippen molar-refractivity contribution in [2.75, 3.05) is 6.61 Å². The number of hydrogen-bond donors (Lipinski definition) is 0. The average molecular weight is 336 g/mol. The van der Waals surface area contributed by atoms with Gasteiger partial charge in [-0.3, -0.25) is 4.79 Å². The molecule has 0 saturated heterocycles. The monoisotopic (exact) mass is 336 g/mol.